The highest BCUT2D eigenvalue weighted by molar-refractivity contribution is 5.92. The summed E-state index contributed by atoms with van der Waals surface area (Å²) in [6, 6.07) is 7.66. The Morgan fingerprint density at radius 1 is 1.32 bits per heavy atom. The second kappa shape index (κ2) is 6.08. The van der Waals surface area contributed by atoms with Crippen molar-refractivity contribution in [1.82, 2.24) is 10.2 Å². The minimum absolute atomic E-state index is 0.103. The van der Waals surface area contributed by atoms with E-state index < -0.39 is 5.91 Å². The molecule has 2 amide bonds. The highest BCUT2D eigenvalue weighted by Gasteiger charge is 2.46. The Bertz CT molecular complexity index is 570. The zero-order valence-electron chi connectivity index (χ0n) is 12.9. The lowest BCUT2D eigenvalue weighted by Crippen LogP contribution is -2.53. The highest BCUT2D eigenvalue weighted by Crippen LogP contribution is 2.48. The van der Waals surface area contributed by atoms with E-state index in [2.05, 4.69) is 17.1 Å². The van der Waals surface area contributed by atoms with E-state index in [1.807, 2.05) is 12.1 Å². The Hall–Kier alpha value is -1.88. The summed E-state index contributed by atoms with van der Waals surface area (Å²) in [6.07, 6.45) is 1.90. The quantitative estimate of drug-likeness (QED) is 0.874. The highest BCUT2D eigenvalue weighted by atomic mass is 16.2. The lowest BCUT2D eigenvalue weighted by molar-refractivity contribution is -0.135. The maximum atomic E-state index is 12.7. The van der Waals surface area contributed by atoms with Crippen LogP contribution in [-0.4, -0.2) is 42.4 Å². The van der Waals surface area contributed by atoms with Crippen molar-refractivity contribution >= 4 is 11.8 Å². The van der Waals surface area contributed by atoms with Gasteiger partial charge in [0.1, 0.15) is 0 Å². The van der Waals surface area contributed by atoms with Gasteiger partial charge >= 0.3 is 0 Å². The summed E-state index contributed by atoms with van der Waals surface area (Å²) >= 11 is 0. The molecule has 1 aliphatic carbocycles. The smallest absolute Gasteiger partial charge is 0.248 e. The summed E-state index contributed by atoms with van der Waals surface area (Å²) in [6.45, 7) is 4.71. The normalized spacial score (nSPS) is 27.5. The Kier molecular flexibility index (Phi) is 4.16. The average molecular weight is 301 g/mol. The third-order valence-corrected chi connectivity index (χ3v) is 4.84. The minimum atomic E-state index is -0.415. The van der Waals surface area contributed by atoms with Crippen LogP contribution in [0.25, 0.3) is 0 Å². The largest absolute Gasteiger partial charge is 0.366 e. The van der Waals surface area contributed by atoms with Crippen molar-refractivity contribution in [3.63, 3.8) is 0 Å². The molecule has 0 radical (unpaired) electrons. The van der Waals surface area contributed by atoms with Crippen molar-refractivity contribution < 1.29 is 9.59 Å². The predicted molar refractivity (Wildman–Crippen MR) is 84.5 cm³/mol. The molecule has 1 saturated heterocycles. The zero-order chi connectivity index (χ0) is 15.7. The second-order valence-corrected chi connectivity index (χ2v) is 6.23. The van der Waals surface area contributed by atoms with Crippen molar-refractivity contribution in [2.75, 3.05) is 19.6 Å². The molecule has 5 heteroatoms. The molecule has 5 nitrogen and oxygen atoms in total. The summed E-state index contributed by atoms with van der Waals surface area (Å²) in [7, 11) is 0. The van der Waals surface area contributed by atoms with Gasteiger partial charge in [-0.1, -0.05) is 19.1 Å². The summed E-state index contributed by atoms with van der Waals surface area (Å²) in [5.41, 5.74) is 6.90. The van der Waals surface area contributed by atoms with E-state index in [1.165, 1.54) is 0 Å². The Labute approximate surface area is 130 Å². The molecule has 3 atom stereocenters. The van der Waals surface area contributed by atoms with E-state index in [0.29, 0.717) is 17.5 Å². The van der Waals surface area contributed by atoms with Crippen LogP contribution in [0.3, 0.4) is 0 Å². The van der Waals surface area contributed by atoms with E-state index in [1.54, 1.807) is 12.1 Å². The number of primary amides is 1. The van der Waals surface area contributed by atoms with Crippen molar-refractivity contribution in [2.24, 2.45) is 11.7 Å². The van der Waals surface area contributed by atoms with Gasteiger partial charge in [0.25, 0.3) is 0 Å². The molecule has 3 N–H and O–H groups in total. The fourth-order valence-electron chi connectivity index (χ4n) is 3.36. The molecule has 0 unspecified atom stereocenters. The number of benzene rings is 1. The van der Waals surface area contributed by atoms with Gasteiger partial charge in [0.2, 0.25) is 11.8 Å². The van der Waals surface area contributed by atoms with Gasteiger partial charge < -0.3 is 16.0 Å². The average Bonchev–Trinajstić information content (AvgIpc) is 3.35. The van der Waals surface area contributed by atoms with Crippen LogP contribution in [0.4, 0.5) is 0 Å². The van der Waals surface area contributed by atoms with Gasteiger partial charge in [-0.2, -0.15) is 0 Å². The van der Waals surface area contributed by atoms with Crippen LogP contribution < -0.4 is 11.1 Å². The summed E-state index contributed by atoms with van der Waals surface area (Å²) in [5.74, 6) is 0.271. The summed E-state index contributed by atoms with van der Waals surface area (Å²) in [5, 5.41) is 3.35. The molecule has 0 aromatic heterocycles. The Balaban J connectivity index is 1.65. The lowest BCUT2D eigenvalue weighted by atomic mass is 10.0. The van der Waals surface area contributed by atoms with Crippen LogP contribution >= 0.6 is 0 Å². The summed E-state index contributed by atoms with van der Waals surface area (Å²) in [4.78, 5) is 25.9. The molecule has 0 spiro atoms. The topological polar surface area (TPSA) is 75.4 Å². The van der Waals surface area contributed by atoms with Crippen LogP contribution in [0.15, 0.2) is 24.3 Å². The maximum absolute atomic E-state index is 12.7. The van der Waals surface area contributed by atoms with Crippen LogP contribution in [0.2, 0.25) is 0 Å². The molecule has 1 aliphatic heterocycles. The minimum Gasteiger partial charge on any atom is -0.366 e. The third kappa shape index (κ3) is 2.86. The molecule has 2 aliphatic rings. The maximum Gasteiger partial charge on any atom is 0.248 e. The van der Waals surface area contributed by atoms with Crippen LogP contribution in [0, 0.1) is 5.92 Å². The van der Waals surface area contributed by atoms with E-state index in [9.17, 15) is 9.59 Å². The molecule has 1 saturated carbocycles. The first kappa shape index (κ1) is 15.0. The van der Waals surface area contributed by atoms with Gasteiger partial charge in [-0.3, -0.25) is 9.59 Å². The van der Waals surface area contributed by atoms with E-state index in [-0.39, 0.29) is 11.8 Å². The van der Waals surface area contributed by atoms with Gasteiger partial charge in [-0.05, 0) is 36.5 Å². The first-order valence-corrected chi connectivity index (χ1v) is 8.02. The van der Waals surface area contributed by atoms with Crippen molar-refractivity contribution in [2.45, 2.75) is 31.7 Å². The number of nitrogens with two attached hydrogens (primary N) is 1. The summed E-state index contributed by atoms with van der Waals surface area (Å²) < 4.78 is 0. The van der Waals surface area contributed by atoms with Gasteiger partial charge in [-0.15, -0.1) is 0 Å². The zero-order valence-corrected chi connectivity index (χ0v) is 12.9. The fraction of sp³-hybridized carbons (Fsp3) is 0.529. The molecule has 118 valence electrons. The van der Waals surface area contributed by atoms with E-state index >= 15 is 0 Å². The first-order chi connectivity index (χ1) is 10.6. The molecule has 22 heavy (non-hydrogen) atoms. The molecule has 1 heterocycles. The number of carbonyl (C=O) groups is 2. The number of piperazine rings is 1. The van der Waals surface area contributed by atoms with E-state index in [4.69, 9.17) is 5.73 Å². The Morgan fingerprint density at radius 3 is 2.68 bits per heavy atom. The van der Waals surface area contributed by atoms with Crippen LogP contribution in [0.5, 0.6) is 0 Å². The molecule has 0 bridgehead atoms. The monoisotopic (exact) mass is 301 g/mol. The molecule has 2 fully saturated rings. The standard InChI is InChI=1S/C17H23N3O2/c1-2-13-10-19-7-8-20(13)17(22)15-9-14(15)11-3-5-12(6-4-11)16(18)21/h3-6,13-15,19H,2,7-10H2,1H3,(H2,18,21)/t13-,14+,15-/m1/s1. The van der Waals surface area contributed by atoms with Gasteiger partial charge in [-0.25, -0.2) is 0 Å². The van der Waals surface area contributed by atoms with Crippen LogP contribution in [0.1, 0.15) is 41.6 Å². The predicted octanol–water partition coefficient (Wildman–Crippen LogP) is 1.10. The molecule has 1 aromatic rings. The number of carbonyl (C=O) groups excluding carboxylic acids is 2. The van der Waals surface area contributed by atoms with E-state index in [0.717, 1.165) is 38.0 Å². The number of rotatable bonds is 4. The molecule has 3 rings (SSSR count). The van der Waals surface area contributed by atoms with Crippen molar-refractivity contribution in [3.8, 4) is 0 Å². The molecule has 1 aromatic carbocycles. The lowest BCUT2D eigenvalue weighted by Gasteiger charge is -2.36. The number of nitrogens with one attached hydrogen (secondary N) is 1. The molecular formula is C17H23N3O2. The van der Waals surface area contributed by atoms with Crippen LogP contribution in [-0.2, 0) is 4.79 Å². The molecular weight excluding hydrogens is 278 g/mol. The SMILES string of the molecule is CC[C@@H]1CNCCN1C(=O)[C@@H]1C[C@H]1c1ccc(C(N)=O)cc1. The number of hydrogen-bond donors (Lipinski definition) is 2. The number of nitrogens with zero attached hydrogens (tertiary/aromatic N) is 1. The van der Waals surface area contributed by atoms with Gasteiger partial charge in [0, 0.05) is 37.2 Å². The van der Waals surface area contributed by atoms with Gasteiger partial charge in [0.15, 0.2) is 0 Å². The third-order valence-electron chi connectivity index (χ3n) is 4.84. The van der Waals surface area contributed by atoms with Crippen molar-refractivity contribution in [3.05, 3.63) is 35.4 Å². The van der Waals surface area contributed by atoms with Gasteiger partial charge in [0.05, 0.1) is 0 Å². The van der Waals surface area contributed by atoms with Crippen molar-refractivity contribution in [1.29, 1.82) is 0 Å². The first-order valence-electron chi connectivity index (χ1n) is 8.02. The second-order valence-electron chi connectivity index (χ2n) is 6.23. The number of amides is 2. The Morgan fingerprint density at radius 2 is 2.05 bits per heavy atom. The number of hydrogen-bond acceptors (Lipinski definition) is 3. The fourth-order valence-corrected chi connectivity index (χ4v) is 3.36.